The predicted octanol–water partition coefficient (Wildman–Crippen LogP) is 6.02. The lowest BCUT2D eigenvalue weighted by Gasteiger charge is -2.19. The lowest BCUT2D eigenvalue weighted by Crippen LogP contribution is -2.22. The summed E-state index contributed by atoms with van der Waals surface area (Å²) in [6, 6.07) is 9.34. The summed E-state index contributed by atoms with van der Waals surface area (Å²) in [7, 11) is 0. The van der Waals surface area contributed by atoms with Gasteiger partial charge in [-0.3, -0.25) is 9.69 Å². The van der Waals surface area contributed by atoms with Gasteiger partial charge < -0.3 is 0 Å². The molecule has 0 radical (unpaired) electrons. The first-order chi connectivity index (χ1) is 12.8. The Morgan fingerprint density at radius 1 is 1.15 bits per heavy atom. The highest BCUT2D eigenvalue weighted by atomic mass is 32.2. The average molecular weight is 405 g/mol. The number of thioether (sulfide) groups is 1. The maximum atomic E-state index is 13.8. The van der Waals surface area contributed by atoms with Crippen LogP contribution in [0.15, 0.2) is 46.7 Å². The van der Waals surface area contributed by atoms with Crippen molar-refractivity contribution in [2.24, 2.45) is 0 Å². The van der Waals surface area contributed by atoms with Crippen LogP contribution in [0.3, 0.4) is 0 Å². The highest BCUT2D eigenvalue weighted by Gasteiger charge is 2.18. The quantitative estimate of drug-likeness (QED) is 0.488. The monoisotopic (exact) mass is 404 g/mol. The van der Waals surface area contributed by atoms with Crippen LogP contribution in [0, 0.1) is 25.5 Å². The molecule has 140 valence electrons. The first-order valence-electron chi connectivity index (χ1n) is 8.25. The zero-order chi connectivity index (χ0) is 19.6. The van der Waals surface area contributed by atoms with E-state index in [1.165, 1.54) is 42.2 Å². The van der Waals surface area contributed by atoms with Crippen LogP contribution in [0.1, 0.15) is 23.7 Å². The number of aryl methyl sites for hydroxylation is 2. The van der Waals surface area contributed by atoms with Crippen molar-refractivity contribution in [3.05, 3.63) is 70.2 Å². The minimum atomic E-state index is -0.599. The summed E-state index contributed by atoms with van der Waals surface area (Å²) in [4.78, 5) is 18.7. The number of nitrogens with zero attached hydrogens (tertiary/aromatic N) is 2. The molecule has 0 aliphatic heterocycles. The fourth-order valence-electron chi connectivity index (χ4n) is 2.50. The molecule has 0 spiro atoms. The number of hydrogen-bond donors (Lipinski definition) is 0. The van der Waals surface area contributed by atoms with Gasteiger partial charge in [0.25, 0.3) is 0 Å². The molecule has 0 bridgehead atoms. The standard InChI is InChI=1S/C20H18F2N2OS2/c1-12-4-6-17(8-13(12)2)24(14(3)25)20-23-16(11-27-20)10-26-19-7-5-15(21)9-18(19)22/h4-9,11H,10H2,1-3H3. The number of aromatic nitrogens is 1. The predicted molar refractivity (Wildman–Crippen MR) is 107 cm³/mol. The molecule has 3 nitrogen and oxygen atoms in total. The van der Waals surface area contributed by atoms with E-state index in [2.05, 4.69) is 4.98 Å². The van der Waals surface area contributed by atoms with Crippen molar-refractivity contribution < 1.29 is 13.6 Å². The largest absolute Gasteiger partial charge is 0.274 e. The molecule has 0 aliphatic carbocycles. The van der Waals surface area contributed by atoms with Gasteiger partial charge in [-0.25, -0.2) is 13.8 Å². The Morgan fingerprint density at radius 3 is 2.59 bits per heavy atom. The first kappa shape index (κ1) is 19.5. The fraction of sp³-hybridized carbons (Fsp3) is 0.200. The van der Waals surface area contributed by atoms with Gasteiger partial charge in [-0.05, 0) is 49.2 Å². The lowest BCUT2D eigenvalue weighted by atomic mass is 10.1. The third-order valence-electron chi connectivity index (χ3n) is 4.06. The van der Waals surface area contributed by atoms with Gasteiger partial charge in [-0.15, -0.1) is 23.1 Å². The molecule has 27 heavy (non-hydrogen) atoms. The highest BCUT2D eigenvalue weighted by Crippen LogP contribution is 2.32. The van der Waals surface area contributed by atoms with Crippen LogP contribution < -0.4 is 4.90 Å². The van der Waals surface area contributed by atoms with Crippen molar-refractivity contribution in [3.8, 4) is 0 Å². The van der Waals surface area contributed by atoms with Crippen LogP contribution in [-0.4, -0.2) is 10.9 Å². The van der Waals surface area contributed by atoms with Crippen molar-refractivity contribution in [3.63, 3.8) is 0 Å². The van der Waals surface area contributed by atoms with Crippen LogP contribution >= 0.6 is 23.1 Å². The van der Waals surface area contributed by atoms with E-state index < -0.39 is 11.6 Å². The minimum Gasteiger partial charge on any atom is -0.274 e. The molecular formula is C20H18F2N2OS2. The molecule has 3 aromatic rings. The third-order valence-corrected chi connectivity index (χ3v) is 6.02. The number of benzene rings is 2. The van der Waals surface area contributed by atoms with E-state index >= 15 is 0 Å². The van der Waals surface area contributed by atoms with Crippen molar-refractivity contribution in [1.82, 2.24) is 4.98 Å². The van der Waals surface area contributed by atoms with Gasteiger partial charge in [0.05, 0.1) is 11.4 Å². The van der Waals surface area contributed by atoms with Gasteiger partial charge >= 0.3 is 0 Å². The Kier molecular flexibility index (Phi) is 5.92. The van der Waals surface area contributed by atoms with Crippen molar-refractivity contribution in [2.45, 2.75) is 31.4 Å². The molecule has 0 aliphatic rings. The van der Waals surface area contributed by atoms with Gasteiger partial charge in [0.1, 0.15) is 11.6 Å². The molecule has 2 aromatic carbocycles. The second kappa shape index (κ2) is 8.19. The molecule has 7 heteroatoms. The van der Waals surface area contributed by atoms with Crippen molar-refractivity contribution in [2.75, 3.05) is 4.90 Å². The summed E-state index contributed by atoms with van der Waals surface area (Å²) >= 11 is 2.60. The summed E-state index contributed by atoms with van der Waals surface area (Å²) < 4.78 is 26.7. The second-order valence-electron chi connectivity index (χ2n) is 6.11. The summed E-state index contributed by atoms with van der Waals surface area (Å²) in [6.07, 6.45) is 0. The second-order valence-corrected chi connectivity index (χ2v) is 7.96. The summed E-state index contributed by atoms with van der Waals surface area (Å²) in [5.74, 6) is -0.886. The zero-order valence-electron chi connectivity index (χ0n) is 15.1. The number of carbonyl (C=O) groups is 1. The van der Waals surface area contributed by atoms with E-state index in [0.29, 0.717) is 15.8 Å². The molecule has 0 fully saturated rings. The Morgan fingerprint density at radius 2 is 1.93 bits per heavy atom. The van der Waals surface area contributed by atoms with Gasteiger partial charge in [0.2, 0.25) is 5.91 Å². The number of carbonyl (C=O) groups excluding carboxylic acids is 1. The molecule has 0 saturated heterocycles. The maximum absolute atomic E-state index is 13.8. The molecular weight excluding hydrogens is 386 g/mol. The highest BCUT2D eigenvalue weighted by molar-refractivity contribution is 7.98. The molecule has 1 amide bonds. The Hall–Kier alpha value is -2.25. The number of amides is 1. The molecule has 0 atom stereocenters. The van der Waals surface area contributed by atoms with E-state index in [1.807, 2.05) is 37.4 Å². The van der Waals surface area contributed by atoms with Crippen LogP contribution in [0.2, 0.25) is 0 Å². The summed E-state index contributed by atoms with van der Waals surface area (Å²) in [5.41, 5.74) is 3.75. The molecule has 1 aromatic heterocycles. The van der Waals surface area contributed by atoms with Gasteiger partial charge in [0.15, 0.2) is 5.13 Å². The molecule has 0 unspecified atom stereocenters. The third kappa shape index (κ3) is 4.54. The van der Waals surface area contributed by atoms with Crippen molar-refractivity contribution >= 4 is 39.8 Å². The van der Waals surface area contributed by atoms with Gasteiger partial charge in [0, 0.05) is 29.0 Å². The molecule has 1 heterocycles. The fourth-order valence-corrected chi connectivity index (χ4v) is 4.31. The SMILES string of the molecule is CC(=O)N(c1ccc(C)c(C)c1)c1nc(CSc2ccc(F)cc2F)cs1. The minimum absolute atomic E-state index is 0.128. The number of halogens is 2. The van der Waals surface area contributed by atoms with E-state index in [9.17, 15) is 13.6 Å². The van der Waals surface area contributed by atoms with Gasteiger partial charge in [-0.2, -0.15) is 0 Å². The summed E-state index contributed by atoms with van der Waals surface area (Å²) in [5, 5.41) is 2.42. The number of hydrogen-bond acceptors (Lipinski definition) is 4. The number of thiazole rings is 1. The van der Waals surface area contributed by atoms with E-state index in [1.54, 1.807) is 4.90 Å². The average Bonchev–Trinajstić information content (AvgIpc) is 3.05. The Balaban J connectivity index is 1.79. The van der Waals surface area contributed by atoms with Crippen LogP contribution in [-0.2, 0) is 10.5 Å². The normalized spacial score (nSPS) is 10.9. The van der Waals surface area contributed by atoms with Gasteiger partial charge in [-0.1, -0.05) is 6.07 Å². The number of rotatable bonds is 5. The zero-order valence-corrected chi connectivity index (χ0v) is 16.8. The first-order valence-corrected chi connectivity index (χ1v) is 10.1. The smallest absolute Gasteiger partial charge is 0.230 e. The molecule has 0 N–H and O–H groups in total. The van der Waals surface area contributed by atoms with Crippen LogP contribution in [0.5, 0.6) is 0 Å². The number of anilines is 2. The topological polar surface area (TPSA) is 33.2 Å². The maximum Gasteiger partial charge on any atom is 0.230 e. The summed E-state index contributed by atoms with van der Waals surface area (Å²) in [6.45, 7) is 5.52. The lowest BCUT2D eigenvalue weighted by molar-refractivity contribution is -0.115. The Labute approximate surface area is 165 Å². The Bertz CT molecular complexity index is 988. The van der Waals surface area contributed by atoms with E-state index in [-0.39, 0.29) is 5.91 Å². The molecule has 0 saturated carbocycles. The van der Waals surface area contributed by atoms with Crippen molar-refractivity contribution in [1.29, 1.82) is 0 Å². The van der Waals surface area contributed by atoms with Crippen LogP contribution in [0.25, 0.3) is 0 Å². The van der Waals surface area contributed by atoms with E-state index in [4.69, 9.17) is 0 Å². The van der Waals surface area contributed by atoms with Crippen LogP contribution in [0.4, 0.5) is 19.6 Å². The van der Waals surface area contributed by atoms with E-state index in [0.717, 1.165) is 28.6 Å². The molecule has 3 rings (SSSR count).